The van der Waals surface area contributed by atoms with E-state index in [9.17, 15) is 39.0 Å². The zero-order chi connectivity index (χ0) is 46.6. The van der Waals surface area contributed by atoms with Gasteiger partial charge >= 0.3 is 52.9 Å². The Morgan fingerprint density at radius 1 is 0.567 bits per heavy atom. The van der Waals surface area contributed by atoms with Crippen LogP contribution in [0.25, 0.3) is 44.4 Å². The number of aliphatic carboxylic acids is 2. The van der Waals surface area contributed by atoms with E-state index < -0.39 is 48.0 Å². The van der Waals surface area contributed by atoms with E-state index in [1.165, 1.54) is 0 Å². The van der Waals surface area contributed by atoms with Crippen LogP contribution in [0.15, 0.2) is 70.9 Å². The molecule has 3 aromatic rings. The number of carbonyl (C=O) groups excluding carboxylic acids is 4. The third kappa shape index (κ3) is 10.2. The van der Waals surface area contributed by atoms with Crippen LogP contribution in [0, 0.1) is 13.8 Å². The number of rotatable bonds is 18. The second-order valence-electron chi connectivity index (χ2n) is 16.9. The van der Waals surface area contributed by atoms with Crippen molar-refractivity contribution in [3.8, 4) is 0 Å². The second-order valence-corrected chi connectivity index (χ2v) is 16.9. The molecule has 347 valence electrons. The predicted octanol–water partition coefficient (Wildman–Crippen LogP) is 6.83. The van der Waals surface area contributed by atoms with Crippen molar-refractivity contribution in [1.29, 1.82) is 0 Å². The molecule has 2 aliphatic heterocycles. The molecule has 0 aromatic carbocycles. The van der Waals surface area contributed by atoms with Crippen molar-refractivity contribution in [3.63, 3.8) is 0 Å². The van der Waals surface area contributed by atoms with E-state index in [1.807, 2.05) is 13.8 Å². The van der Waals surface area contributed by atoms with Crippen LogP contribution in [0.3, 0.4) is 0 Å². The van der Waals surface area contributed by atoms with Gasteiger partial charge in [0.15, 0.2) is 12.2 Å². The van der Waals surface area contributed by atoms with Crippen molar-refractivity contribution in [2.24, 2.45) is 0 Å². The smallest absolute Gasteiger partial charge is 0.657 e. The van der Waals surface area contributed by atoms with E-state index in [4.69, 9.17) is 38.9 Å². The molecule has 4 aliphatic carbocycles. The molecule has 6 aliphatic rings. The summed E-state index contributed by atoms with van der Waals surface area (Å²) in [6.45, 7) is 6.57. The second kappa shape index (κ2) is 18.6. The minimum absolute atomic E-state index is 0. The largest absolute Gasteiger partial charge is 2.00 e. The summed E-state index contributed by atoms with van der Waals surface area (Å²) in [6, 6.07) is 6.89. The Bertz CT molecular complexity index is 3090. The first-order valence-corrected chi connectivity index (χ1v) is 21.6. The Labute approximate surface area is 394 Å². The number of allylic oxidation sites excluding steroid dienone is 7. The average molecular weight is 956 g/mol. The summed E-state index contributed by atoms with van der Waals surface area (Å²) < 4.78 is 23.6. The van der Waals surface area contributed by atoms with Gasteiger partial charge in [-0.05, 0) is 88.5 Å². The van der Waals surface area contributed by atoms with Crippen LogP contribution in [-0.4, -0.2) is 75.3 Å². The number of aromatic nitrogens is 4. The van der Waals surface area contributed by atoms with E-state index in [0.717, 1.165) is 0 Å². The van der Waals surface area contributed by atoms with Gasteiger partial charge in [0.25, 0.3) is 0 Å². The minimum atomic E-state index is -1.14. The molecule has 0 spiro atoms. The number of ether oxygens (including phenoxy) is 4. The Morgan fingerprint density at radius 2 is 1.01 bits per heavy atom. The van der Waals surface area contributed by atoms with E-state index in [0.29, 0.717) is 137 Å². The van der Waals surface area contributed by atoms with Crippen LogP contribution in [0.5, 0.6) is 0 Å². The average Bonchev–Trinajstić information content (AvgIpc) is 4.08. The summed E-state index contributed by atoms with van der Waals surface area (Å²) in [5.41, 5.74) is 9.79. The van der Waals surface area contributed by atoms with Crippen LogP contribution in [0.4, 0.5) is 0 Å². The van der Waals surface area contributed by atoms with Gasteiger partial charge in [0.05, 0.1) is 22.8 Å². The number of esters is 4. The SMILES string of the molecule is CC1=C(CCC(=O)O)c2cc3[n-]c(cc4nc(cc5[n-]c(cc1n2)c(C)c5C(COC(=O)C1=CC1)OC(=O)C1=CC1)C(C)=C4C(COC(=O)C1=CC1)OC(=O)C1=CC1)c(C)c3CCC(=O)O.[Cu+2]. The Kier molecular flexibility index (Phi) is 12.9. The van der Waals surface area contributed by atoms with Gasteiger partial charge < -0.3 is 39.1 Å². The normalized spacial score (nSPS) is 16.1. The molecule has 8 bridgehead atoms. The molecular formula is C50H44CuN4O12. The molecule has 0 amide bonds. The fourth-order valence-corrected chi connectivity index (χ4v) is 8.03. The third-order valence-corrected chi connectivity index (χ3v) is 12.2. The molecule has 0 saturated heterocycles. The first-order chi connectivity index (χ1) is 31.6. The summed E-state index contributed by atoms with van der Waals surface area (Å²) in [7, 11) is 0. The van der Waals surface area contributed by atoms with E-state index in [2.05, 4.69) is 0 Å². The fourth-order valence-electron chi connectivity index (χ4n) is 8.03. The zero-order valence-corrected chi connectivity index (χ0v) is 37.9. The van der Waals surface area contributed by atoms with Crippen molar-refractivity contribution in [1.82, 2.24) is 19.9 Å². The van der Waals surface area contributed by atoms with Gasteiger partial charge in [0.2, 0.25) is 0 Å². The van der Waals surface area contributed by atoms with Gasteiger partial charge in [-0.25, -0.2) is 29.1 Å². The molecule has 0 saturated carbocycles. The summed E-state index contributed by atoms with van der Waals surface area (Å²) in [5, 5.41) is 19.5. The van der Waals surface area contributed by atoms with E-state index >= 15 is 0 Å². The Morgan fingerprint density at radius 3 is 1.60 bits per heavy atom. The molecule has 5 heterocycles. The van der Waals surface area contributed by atoms with Gasteiger partial charge in [-0.15, -0.1) is 22.1 Å². The predicted molar refractivity (Wildman–Crippen MR) is 238 cm³/mol. The van der Waals surface area contributed by atoms with Crippen molar-refractivity contribution >= 4 is 80.2 Å². The molecular weight excluding hydrogens is 912 g/mol. The molecule has 9 rings (SSSR count). The molecule has 17 heteroatoms. The zero-order valence-electron chi connectivity index (χ0n) is 36.9. The van der Waals surface area contributed by atoms with Crippen LogP contribution >= 0.6 is 0 Å². The van der Waals surface area contributed by atoms with Crippen molar-refractivity contribution in [2.45, 2.75) is 91.3 Å². The fraction of sp³-hybridized carbons (Fsp3) is 0.320. The maximum Gasteiger partial charge on any atom is 2.00 e. The van der Waals surface area contributed by atoms with Crippen LogP contribution in [0.1, 0.15) is 110 Å². The van der Waals surface area contributed by atoms with Gasteiger partial charge in [-0.1, -0.05) is 65.3 Å². The maximum atomic E-state index is 13.4. The monoisotopic (exact) mass is 955 g/mol. The van der Waals surface area contributed by atoms with Crippen LogP contribution < -0.4 is 9.97 Å². The number of nitrogens with zero attached hydrogens (tertiary/aromatic N) is 4. The first-order valence-electron chi connectivity index (χ1n) is 21.6. The summed E-state index contributed by atoms with van der Waals surface area (Å²) in [4.78, 5) is 96.4. The number of aryl methyl sites for hydroxylation is 3. The molecule has 2 unspecified atom stereocenters. The van der Waals surface area contributed by atoms with Crippen LogP contribution in [-0.2, 0) is 71.2 Å². The first kappa shape index (κ1) is 46.4. The third-order valence-electron chi connectivity index (χ3n) is 12.2. The van der Waals surface area contributed by atoms with Crippen molar-refractivity contribution in [3.05, 3.63) is 116 Å². The summed E-state index contributed by atoms with van der Waals surface area (Å²) in [5.74, 6) is -4.22. The van der Waals surface area contributed by atoms with Crippen LogP contribution in [0.2, 0.25) is 0 Å². The van der Waals surface area contributed by atoms with Gasteiger partial charge in [0, 0.05) is 40.7 Å². The minimum Gasteiger partial charge on any atom is -0.657 e. The summed E-state index contributed by atoms with van der Waals surface area (Å²) >= 11 is 0. The molecule has 2 N–H and O–H groups in total. The molecule has 2 atom stereocenters. The number of carboxylic acids is 2. The standard InChI is InChI=1S/C50H46N4O12.Cu/c1-23-31(13-15-43(55)56)37-20-38-32(14-16-44(57)58)24(2)34(52-38)18-39-46(42(66-50(62)30-11-12-30)22-64-48(60)28-7-8-28)26(4)36(54-39)19-40-45(25(3)35(53-40)17-33(23)51-37)41(65-49(61)29-9-10-29)21-63-47(59)27-5-6-27;/h5,7,9,11,17-20,41-42H,6,8,10,12-16,21-22H2,1-4H3,(H4,51,52,53,54,55,56,57,58);/q;+2/p-2. The van der Waals surface area contributed by atoms with Gasteiger partial charge in [-0.3, -0.25) is 9.59 Å². The number of hydrogen-bond donors (Lipinski definition) is 2. The molecule has 0 fully saturated rings. The molecule has 1 radical (unpaired) electrons. The van der Waals surface area contributed by atoms with Gasteiger partial charge in [-0.2, -0.15) is 0 Å². The molecule has 3 aromatic heterocycles. The molecule has 67 heavy (non-hydrogen) atoms. The number of fused-ring (bicyclic) bond motifs is 8. The van der Waals surface area contributed by atoms with Gasteiger partial charge in [0.1, 0.15) is 13.2 Å². The Hall–Kier alpha value is -7.10. The number of hydrogen-bond acceptors (Lipinski definition) is 12. The van der Waals surface area contributed by atoms with Crippen molar-refractivity contribution < 1.29 is 75.0 Å². The topological polar surface area (TPSA) is 234 Å². The van der Waals surface area contributed by atoms with E-state index in [-0.39, 0.29) is 56.0 Å². The van der Waals surface area contributed by atoms with Crippen molar-refractivity contribution in [2.75, 3.05) is 13.2 Å². The maximum absolute atomic E-state index is 13.4. The quantitative estimate of drug-likeness (QED) is 0.0755. The Balaban J connectivity index is 0.00000608. The number of carbonyl (C=O) groups is 6. The van der Waals surface area contributed by atoms with E-state index in [1.54, 1.807) is 62.4 Å². The molecule has 16 nitrogen and oxygen atoms in total. The number of carboxylic acid groups (broad SMARTS) is 2. The summed E-state index contributed by atoms with van der Waals surface area (Å²) in [6.07, 6.45) is 6.45.